The van der Waals surface area contributed by atoms with Gasteiger partial charge in [0.2, 0.25) is 0 Å². The SMILES string of the molecule is Oc1ccc(-c2cn(Cc3ccccc3)c3c2CNCC3)cc1. The number of fused-ring (bicyclic) bond motifs is 1. The Labute approximate surface area is 136 Å². The molecular weight excluding hydrogens is 284 g/mol. The summed E-state index contributed by atoms with van der Waals surface area (Å²) in [6.45, 7) is 2.84. The summed E-state index contributed by atoms with van der Waals surface area (Å²) in [6.07, 6.45) is 3.32. The van der Waals surface area contributed by atoms with Crippen molar-refractivity contribution in [2.75, 3.05) is 6.54 Å². The van der Waals surface area contributed by atoms with Crippen LogP contribution >= 0.6 is 0 Å². The number of hydrogen-bond donors (Lipinski definition) is 2. The van der Waals surface area contributed by atoms with Gasteiger partial charge in [0, 0.05) is 43.5 Å². The molecule has 2 aromatic carbocycles. The lowest BCUT2D eigenvalue weighted by Gasteiger charge is -2.17. The molecule has 0 fully saturated rings. The van der Waals surface area contributed by atoms with Gasteiger partial charge >= 0.3 is 0 Å². The smallest absolute Gasteiger partial charge is 0.115 e. The average Bonchev–Trinajstić information content (AvgIpc) is 2.95. The molecule has 0 radical (unpaired) electrons. The molecule has 0 saturated carbocycles. The van der Waals surface area contributed by atoms with E-state index in [0.717, 1.165) is 31.6 Å². The van der Waals surface area contributed by atoms with E-state index < -0.39 is 0 Å². The molecule has 3 nitrogen and oxygen atoms in total. The lowest BCUT2D eigenvalue weighted by atomic mass is 10.00. The second-order valence-electron chi connectivity index (χ2n) is 6.06. The largest absolute Gasteiger partial charge is 0.508 e. The Kier molecular flexibility index (Phi) is 3.64. The first-order chi connectivity index (χ1) is 11.3. The Balaban J connectivity index is 1.77. The number of aromatic nitrogens is 1. The molecule has 3 heteroatoms. The van der Waals surface area contributed by atoms with Gasteiger partial charge in [-0.1, -0.05) is 42.5 Å². The molecule has 0 atom stereocenters. The summed E-state index contributed by atoms with van der Waals surface area (Å²) in [6, 6.07) is 18.1. The normalized spacial score (nSPS) is 13.7. The lowest BCUT2D eigenvalue weighted by molar-refractivity contribution is 0.475. The van der Waals surface area contributed by atoms with Crippen LogP contribution in [0.5, 0.6) is 5.75 Å². The van der Waals surface area contributed by atoms with E-state index in [1.807, 2.05) is 12.1 Å². The molecule has 0 unspecified atom stereocenters. The number of phenolic OH excluding ortho intramolecular Hbond substituents is 1. The zero-order chi connectivity index (χ0) is 15.6. The highest BCUT2D eigenvalue weighted by Crippen LogP contribution is 2.31. The summed E-state index contributed by atoms with van der Waals surface area (Å²) in [5.41, 5.74) is 6.56. The van der Waals surface area contributed by atoms with Crippen molar-refractivity contribution in [1.29, 1.82) is 0 Å². The molecule has 0 spiro atoms. The van der Waals surface area contributed by atoms with Crippen molar-refractivity contribution < 1.29 is 5.11 Å². The highest BCUT2D eigenvalue weighted by atomic mass is 16.3. The zero-order valence-electron chi connectivity index (χ0n) is 13.0. The number of aromatic hydroxyl groups is 1. The van der Waals surface area contributed by atoms with Crippen LogP contribution in [0.3, 0.4) is 0 Å². The molecule has 1 aromatic heterocycles. The van der Waals surface area contributed by atoms with Crippen LogP contribution in [0.4, 0.5) is 0 Å². The summed E-state index contributed by atoms with van der Waals surface area (Å²) in [5.74, 6) is 0.310. The molecule has 0 aliphatic carbocycles. The van der Waals surface area contributed by atoms with E-state index >= 15 is 0 Å². The van der Waals surface area contributed by atoms with E-state index in [-0.39, 0.29) is 0 Å². The van der Waals surface area contributed by atoms with Crippen LogP contribution in [0.2, 0.25) is 0 Å². The average molecular weight is 304 g/mol. The number of phenols is 1. The summed E-state index contributed by atoms with van der Waals surface area (Å²) < 4.78 is 2.38. The monoisotopic (exact) mass is 304 g/mol. The summed E-state index contributed by atoms with van der Waals surface area (Å²) >= 11 is 0. The fourth-order valence-corrected chi connectivity index (χ4v) is 3.36. The van der Waals surface area contributed by atoms with Crippen molar-refractivity contribution >= 4 is 0 Å². The van der Waals surface area contributed by atoms with Crippen LogP contribution in [0.25, 0.3) is 11.1 Å². The molecule has 1 aliphatic rings. The minimum atomic E-state index is 0.310. The van der Waals surface area contributed by atoms with Gasteiger partial charge in [-0.2, -0.15) is 0 Å². The van der Waals surface area contributed by atoms with Crippen LogP contribution in [0.15, 0.2) is 60.8 Å². The summed E-state index contributed by atoms with van der Waals surface area (Å²) in [4.78, 5) is 0. The fraction of sp³-hybridized carbons (Fsp3) is 0.200. The van der Waals surface area contributed by atoms with Crippen molar-refractivity contribution in [1.82, 2.24) is 9.88 Å². The van der Waals surface area contributed by atoms with E-state index in [4.69, 9.17) is 0 Å². The standard InChI is InChI=1S/C20H20N2O/c23-17-8-6-16(7-9-17)19-14-22(13-15-4-2-1-3-5-15)20-10-11-21-12-18(19)20/h1-9,14,21,23H,10-13H2. The first-order valence-corrected chi connectivity index (χ1v) is 8.06. The minimum absolute atomic E-state index is 0.310. The summed E-state index contributed by atoms with van der Waals surface area (Å²) in [7, 11) is 0. The third kappa shape index (κ3) is 2.76. The molecule has 1 aliphatic heterocycles. The van der Waals surface area contributed by atoms with Crippen molar-refractivity contribution in [3.63, 3.8) is 0 Å². The van der Waals surface area contributed by atoms with Crippen LogP contribution in [-0.4, -0.2) is 16.2 Å². The van der Waals surface area contributed by atoms with Gasteiger partial charge in [0.25, 0.3) is 0 Å². The quantitative estimate of drug-likeness (QED) is 0.776. The Morgan fingerprint density at radius 2 is 1.78 bits per heavy atom. The van der Waals surface area contributed by atoms with E-state index in [9.17, 15) is 5.11 Å². The van der Waals surface area contributed by atoms with Gasteiger partial charge in [-0.25, -0.2) is 0 Å². The molecule has 0 bridgehead atoms. The molecule has 116 valence electrons. The van der Waals surface area contributed by atoms with Gasteiger partial charge in [-0.05, 0) is 28.8 Å². The maximum Gasteiger partial charge on any atom is 0.115 e. The first-order valence-electron chi connectivity index (χ1n) is 8.06. The molecule has 3 aromatic rings. The maximum atomic E-state index is 9.52. The van der Waals surface area contributed by atoms with Crippen molar-refractivity contribution in [2.24, 2.45) is 0 Å². The Morgan fingerprint density at radius 1 is 1.00 bits per heavy atom. The van der Waals surface area contributed by atoms with E-state index in [1.54, 1.807) is 12.1 Å². The van der Waals surface area contributed by atoms with Crippen LogP contribution in [-0.2, 0) is 19.5 Å². The van der Waals surface area contributed by atoms with Gasteiger partial charge in [0.1, 0.15) is 5.75 Å². The topological polar surface area (TPSA) is 37.2 Å². The zero-order valence-corrected chi connectivity index (χ0v) is 13.0. The first kappa shape index (κ1) is 14.1. The van der Waals surface area contributed by atoms with E-state index in [0.29, 0.717) is 5.75 Å². The third-order valence-corrected chi connectivity index (χ3v) is 4.52. The van der Waals surface area contributed by atoms with Gasteiger partial charge in [0.05, 0.1) is 0 Å². The number of nitrogens with one attached hydrogen (secondary N) is 1. The van der Waals surface area contributed by atoms with Gasteiger partial charge < -0.3 is 15.0 Å². The maximum absolute atomic E-state index is 9.52. The predicted molar refractivity (Wildman–Crippen MR) is 92.5 cm³/mol. The molecule has 0 amide bonds. The third-order valence-electron chi connectivity index (χ3n) is 4.52. The number of benzene rings is 2. The minimum Gasteiger partial charge on any atom is -0.508 e. The Bertz CT molecular complexity index is 804. The van der Waals surface area contributed by atoms with Crippen molar-refractivity contribution in [3.05, 3.63) is 77.6 Å². The van der Waals surface area contributed by atoms with Crippen LogP contribution < -0.4 is 5.32 Å². The Morgan fingerprint density at radius 3 is 2.57 bits per heavy atom. The molecule has 0 saturated heterocycles. The lowest BCUT2D eigenvalue weighted by Crippen LogP contribution is -2.25. The number of hydrogen-bond acceptors (Lipinski definition) is 2. The van der Waals surface area contributed by atoms with Gasteiger partial charge in [0.15, 0.2) is 0 Å². The summed E-state index contributed by atoms with van der Waals surface area (Å²) in [5, 5.41) is 13.0. The van der Waals surface area contributed by atoms with Gasteiger partial charge in [-0.15, -0.1) is 0 Å². The second-order valence-corrected chi connectivity index (χ2v) is 6.06. The van der Waals surface area contributed by atoms with Crippen LogP contribution in [0.1, 0.15) is 16.8 Å². The molecular formula is C20H20N2O. The second kappa shape index (κ2) is 5.94. The van der Waals surface area contributed by atoms with E-state index in [2.05, 4.69) is 46.4 Å². The molecule has 2 heterocycles. The highest BCUT2D eigenvalue weighted by molar-refractivity contribution is 5.69. The highest BCUT2D eigenvalue weighted by Gasteiger charge is 2.19. The number of rotatable bonds is 3. The Hall–Kier alpha value is -2.52. The van der Waals surface area contributed by atoms with Crippen molar-refractivity contribution in [3.8, 4) is 16.9 Å². The fourth-order valence-electron chi connectivity index (χ4n) is 3.36. The van der Waals surface area contributed by atoms with Crippen molar-refractivity contribution in [2.45, 2.75) is 19.5 Å². The van der Waals surface area contributed by atoms with Gasteiger partial charge in [-0.3, -0.25) is 0 Å². The molecule has 2 N–H and O–H groups in total. The predicted octanol–water partition coefficient (Wildman–Crippen LogP) is 3.55. The van der Waals surface area contributed by atoms with E-state index in [1.165, 1.54) is 22.4 Å². The molecule has 23 heavy (non-hydrogen) atoms. The molecule has 4 rings (SSSR count). The van der Waals surface area contributed by atoms with Crippen LogP contribution in [0, 0.1) is 0 Å². The number of nitrogens with zero attached hydrogens (tertiary/aromatic N) is 1.